The SMILES string of the molecule is CC1(CO)CCCC1NC(=O)c1ccc(Br)o1. The van der Waals surface area contributed by atoms with Crippen LogP contribution in [0.15, 0.2) is 21.2 Å². The zero-order chi connectivity index (χ0) is 12.5. The number of aliphatic hydroxyl groups is 1. The van der Waals surface area contributed by atoms with Crippen molar-refractivity contribution in [1.29, 1.82) is 0 Å². The van der Waals surface area contributed by atoms with Crippen LogP contribution in [0.5, 0.6) is 0 Å². The summed E-state index contributed by atoms with van der Waals surface area (Å²) in [6.45, 7) is 2.10. The van der Waals surface area contributed by atoms with Gasteiger partial charge in [0.2, 0.25) is 0 Å². The highest BCUT2D eigenvalue weighted by Crippen LogP contribution is 2.37. The van der Waals surface area contributed by atoms with E-state index in [0.717, 1.165) is 19.3 Å². The van der Waals surface area contributed by atoms with Crippen molar-refractivity contribution in [2.75, 3.05) is 6.61 Å². The summed E-state index contributed by atoms with van der Waals surface area (Å²) in [6, 6.07) is 3.34. The molecular weight excluding hydrogens is 286 g/mol. The third-order valence-electron chi connectivity index (χ3n) is 3.55. The molecule has 1 aromatic heterocycles. The van der Waals surface area contributed by atoms with Crippen molar-refractivity contribution in [2.45, 2.75) is 32.2 Å². The standard InChI is InChI=1S/C12H16BrNO3/c1-12(7-15)6-2-3-9(12)14-11(16)8-4-5-10(13)17-8/h4-5,9,15H,2-3,6-7H2,1H3,(H,14,16). The molecule has 17 heavy (non-hydrogen) atoms. The third-order valence-corrected chi connectivity index (χ3v) is 3.97. The van der Waals surface area contributed by atoms with Gasteiger partial charge in [-0.15, -0.1) is 0 Å². The minimum absolute atomic E-state index is 0.0175. The predicted octanol–water partition coefficient (Wildman–Crippen LogP) is 2.32. The maximum atomic E-state index is 11.9. The van der Waals surface area contributed by atoms with Gasteiger partial charge in [0.1, 0.15) is 0 Å². The van der Waals surface area contributed by atoms with Crippen molar-refractivity contribution in [3.63, 3.8) is 0 Å². The molecule has 0 aliphatic heterocycles. The molecule has 1 fully saturated rings. The number of hydrogen-bond acceptors (Lipinski definition) is 3. The van der Waals surface area contributed by atoms with E-state index in [-0.39, 0.29) is 24.0 Å². The zero-order valence-corrected chi connectivity index (χ0v) is 11.3. The Morgan fingerprint density at radius 3 is 3.06 bits per heavy atom. The number of aliphatic hydroxyl groups excluding tert-OH is 1. The molecule has 1 aliphatic carbocycles. The van der Waals surface area contributed by atoms with E-state index in [1.807, 2.05) is 6.92 Å². The Hall–Kier alpha value is -0.810. The lowest BCUT2D eigenvalue weighted by Crippen LogP contribution is -2.44. The number of halogens is 1. The summed E-state index contributed by atoms with van der Waals surface area (Å²) in [7, 11) is 0. The Morgan fingerprint density at radius 1 is 1.71 bits per heavy atom. The molecule has 1 amide bonds. The number of nitrogens with one attached hydrogen (secondary N) is 1. The van der Waals surface area contributed by atoms with Crippen molar-refractivity contribution in [2.24, 2.45) is 5.41 Å². The van der Waals surface area contributed by atoms with Crippen LogP contribution in [0.25, 0.3) is 0 Å². The fraction of sp³-hybridized carbons (Fsp3) is 0.583. The van der Waals surface area contributed by atoms with Gasteiger partial charge >= 0.3 is 0 Å². The molecule has 0 bridgehead atoms. The second-order valence-electron chi connectivity index (χ2n) is 4.83. The summed E-state index contributed by atoms with van der Waals surface area (Å²) in [5.74, 6) is 0.0753. The number of carbonyl (C=O) groups excluding carboxylic acids is 1. The summed E-state index contributed by atoms with van der Waals surface area (Å²) < 4.78 is 5.74. The van der Waals surface area contributed by atoms with Gasteiger partial charge in [0, 0.05) is 11.5 Å². The predicted molar refractivity (Wildman–Crippen MR) is 66.7 cm³/mol. The number of amides is 1. The van der Waals surface area contributed by atoms with Gasteiger partial charge in [-0.25, -0.2) is 0 Å². The monoisotopic (exact) mass is 301 g/mol. The van der Waals surface area contributed by atoms with Crippen molar-refractivity contribution < 1.29 is 14.3 Å². The van der Waals surface area contributed by atoms with Crippen LogP contribution in [0.4, 0.5) is 0 Å². The van der Waals surface area contributed by atoms with Gasteiger partial charge in [-0.2, -0.15) is 0 Å². The highest BCUT2D eigenvalue weighted by Gasteiger charge is 2.39. The molecule has 2 N–H and O–H groups in total. The summed E-state index contributed by atoms with van der Waals surface area (Å²) in [5, 5.41) is 12.3. The molecule has 2 rings (SSSR count). The first-order valence-corrected chi connectivity index (χ1v) is 6.51. The van der Waals surface area contributed by atoms with Crippen molar-refractivity contribution in [3.8, 4) is 0 Å². The molecule has 2 atom stereocenters. The van der Waals surface area contributed by atoms with Crippen molar-refractivity contribution >= 4 is 21.8 Å². The molecule has 1 heterocycles. The Bertz CT molecular complexity index is 418. The van der Waals surface area contributed by atoms with Gasteiger partial charge in [0.25, 0.3) is 5.91 Å². The van der Waals surface area contributed by atoms with Crippen LogP contribution >= 0.6 is 15.9 Å². The second kappa shape index (κ2) is 4.82. The second-order valence-corrected chi connectivity index (χ2v) is 5.62. The fourth-order valence-corrected chi connectivity index (χ4v) is 2.64. The van der Waals surface area contributed by atoms with Crippen LogP contribution in [0.2, 0.25) is 0 Å². The van der Waals surface area contributed by atoms with E-state index in [1.54, 1.807) is 12.1 Å². The van der Waals surface area contributed by atoms with Crippen molar-refractivity contribution in [1.82, 2.24) is 5.32 Å². The van der Waals surface area contributed by atoms with Gasteiger partial charge in [-0.05, 0) is 40.9 Å². The van der Waals surface area contributed by atoms with Gasteiger partial charge in [-0.3, -0.25) is 4.79 Å². The van der Waals surface area contributed by atoms with E-state index in [4.69, 9.17) is 4.42 Å². The van der Waals surface area contributed by atoms with Gasteiger partial charge in [0.15, 0.2) is 10.4 Å². The summed E-state index contributed by atoms with van der Waals surface area (Å²) in [4.78, 5) is 11.9. The molecule has 2 unspecified atom stereocenters. The quantitative estimate of drug-likeness (QED) is 0.900. The number of hydrogen-bond donors (Lipinski definition) is 2. The number of rotatable bonds is 3. The third kappa shape index (κ3) is 2.55. The molecule has 4 nitrogen and oxygen atoms in total. The molecule has 1 aliphatic rings. The largest absolute Gasteiger partial charge is 0.444 e. The van der Waals surface area contributed by atoms with Gasteiger partial charge in [0.05, 0.1) is 6.61 Å². The van der Waals surface area contributed by atoms with E-state index >= 15 is 0 Å². The highest BCUT2D eigenvalue weighted by molar-refractivity contribution is 9.10. The van der Waals surface area contributed by atoms with Crippen LogP contribution in [0.1, 0.15) is 36.7 Å². The molecule has 0 saturated heterocycles. The Labute approximate surface area is 109 Å². The number of carbonyl (C=O) groups is 1. The van der Waals surface area contributed by atoms with Crippen LogP contribution in [0.3, 0.4) is 0 Å². The van der Waals surface area contributed by atoms with Crippen LogP contribution in [0, 0.1) is 5.41 Å². The topological polar surface area (TPSA) is 62.5 Å². The number of furan rings is 1. The average molecular weight is 302 g/mol. The van der Waals surface area contributed by atoms with Crippen LogP contribution in [-0.2, 0) is 0 Å². The lowest BCUT2D eigenvalue weighted by Gasteiger charge is -2.29. The average Bonchev–Trinajstić information content (AvgIpc) is 2.87. The molecule has 0 aromatic carbocycles. The Balaban J connectivity index is 2.04. The van der Waals surface area contributed by atoms with Crippen molar-refractivity contribution in [3.05, 3.63) is 22.6 Å². The van der Waals surface area contributed by atoms with E-state index in [1.165, 1.54) is 0 Å². The van der Waals surface area contributed by atoms with Crippen LogP contribution < -0.4 is 5.32 Å². The zero-order valence-electron chi connectivity index (χ0n) is 9.70. The smallest absolute Gasteiger partial charge is 0.287 e. The summed E-state index contributed by atoms with van der Waals surface area (Å²) in [6.07, 6.45) is 2.88. The molecule has 94 valence electrons. The maximum absolute atomic E-state index is 11.9. The van der Waals surface area contributed by atoms with E-state index < -0.39 is 0 Å². The molecule has 0 radical (unpaired) electrons. The van der Waals surface area contributed by atoms with Gasteiger partial charge in [-0.1, -0.05) is 13.3 Å². The first kappa shape index (κ1) is 12.6. The molecular formula is C12H16BrNO3. The molecule has 5 heteroatoms. The minimum atomic E-state index is -0.220. The van der Waals surface area contributed by atoms with E-state index in [2.05, 4.69) is 21.2 Å². The first-order valence-electron chi connectivity index (χ1n) is 5.72. The minimum Gasteiger partial charge on any atom is -0.444 e. The van der Waals surface area contributed by atoms with Gasteiger partial charge < -0.3 is 14.8 Å². The lowest BCUT2D eigenvalue weighted by atomic mass is 9.86. The molecule has 1 aromatic rings. The first-order chi connectivity index (χ1) is 8.05. The Morgan fingerprint density at radius 2 is 2.47 bits per heavy atom. The van der Waals surface area contributed by atoms with E-state index in [9.17, 15) is 9.90 Å². The van der Waals surface area contributed by atoms with E-state index in [0.29, 0.717) is 10.4 Å². The summed E-state index contributed by atoms with van der Waals surface area (Å²) >= 11 is 3.16. The maximum Gasteiger partial charge on any atom is 0.287 e. The lowest BCUT2D eigenvalue weighted by molar-refractivity contribution is 0.0804. The normalized spacial score (nSPS) is 28.3. The molecule has 1 saturated carbocycles. The Kier molecular flexibility index (Phi) is 3.58. The summed E-state index contributed by atoms with van der Waals surface area (Å²) in [5.41, 5.74) is -0.209. The fourth-order valence-electron chi connectivity index (χ4n) is 2.33. The molecule has 0 spiro atoms. The highest BCUT2D eigenvalue weighted by atomic mass is 79.9. The van der Waals surface area contributed by atoms with Crippen LogP contribution in [-0.4, -0.2) is 23.7 Å².